The molecule has 2 rings (SSSR count). The first-order valence-electron chi connectivity index (χ1n) is 6.15. The molecule has 102 valence electrons. The molecule has 6 nitrogen and oxygen atoms in total. The lowest BCUT2D eigenvalue weighted by atomic mass is 10.1. The second-order valence-electron chi connectivity index (χ2n) is 4.58. The van der Waals surface area contributed by atoms with E-state index in [1.165, 1.54) is 0 Å². The average Bonchev–Trinajstić information content (AvgIpc) is 2.39. The molecule has 0 atom stereocenters. The van der Waals surface area contributed by atoms with E-state index >= 15 is 0 Å². The van der Waals surface area contributed by atoms with Gasteiger partial charge in [-0.25, -0.2) is 0 Å². The lowest BCUT2D eigenvalue weighted by Gasteiger charge is -2.33. The first kappa shape index (κ1) is 13.4. The predicted octanol–water partition coefficient (Wildman–Crippen LogP) is 0.111. The lowest BCUT2D eigenvalue weighted by Crippen LogP contribution is -2.49. The molecule has 1 aromatic rings. The van der Waals surface area contributed by atoms with Crippen molar-refractivity contribution in [2.75, 3.05) is 38.5 Å². The number of hydrogen-bond donors (Lipinski definition) is 2. The number of aliphatic carboxylic acids is 1. The van der Waals surface area contributed by atoms with Crippen molar-refractivity contribution in [3.63, 3.8) is 0 Å². The van der Waals surface area contributed by atoms with Gasteiger partial charge in [-0.3, -0.25) is 14.5 Å². The molecule has 1 saturated heterocycles. The number of piperazine rings is 1. The topological polar surface area (TPSA) is 86.9 Å². The van der Waals surface area contributed by atoms with Gasteiger partial charge in [-0.1, -0.05) is 0 Å². The summed E-state index contributed by atoms with van der Waals surface area (Å²) in [4.78, 5) is 26.4. The van der Waals surface area contributed by atoms with E-state index in [0.717, 1.165) is 0 Å². The minimum Gasteiger partial charge on any atom is -0.480 e. The molecule has 3 N–H and O–H groups in total. The van der Waals surface area contributed by atoms with Crippen LogP contribution in [0.4, 0.5) is 5.69 Å². The van der Waals surface area contributed by atoms with E-state index in [-0.39, 0.29) is 12.5 Å². The number of carbonyl (C=O) groups excluding carboxylic acids is 1. The van der Waals surface area contributed by atoms with Crippen molar-refractivity contribution in [2.24, 2.45) is 0 Å². The highest BCUT2D eigenvalue weighted by molar-refractivity contribution is 5.94. The standard InChI is InChI=1S/C13H17N3O3/c14-11-3-1-10(2-4-11)13(19)16-7-5-15(6-8-16)9-12(17)18/h1-4H,5-9,14H2,(H,17,18). The molecule has 0 bridgehead atoms. The van der Waals surface area contributed by atoms with Gasteiger partial charge in [0.05, 0.1) is 6.54 Å². The number of carboxylic acids is 1. The molecule has 0 aromatic heterocycles. The molecule has 0 aliphatic carbocycles. The molecule has 1 amide bonds. The fourth-order valence-corrected chi connectivity index (χ4v) is 2.11. The number of carbonyl (C=O) groups is 2. The van der Waals surface area contributed by atoms with Gasteiger partial charge in [0.15, 0.2) is 0 Å². The molecule has 0 spiro atoms. The molecule has 6 heteroatoms. The van der Waals surface area contributed by atoms with Crippen molar-refractivity contribution in [2.45, 2.75) is 0 Å². The number of rotatable bonds is 3. The van der Waals surface area contributed by atoms with Crippen LogP contribution >= 0.6 is 0 Å². The van der Waals surface area contributed by atoms with Gasteiger partial charge in [-0.05, 0) is 24.3 Å². The van der Waals surface area contributed by atoms with Crippen LogP contribution in [0.5, 0.6) is 0 Å². The van der Waals surface area contributed by atoms with Gasteiger partial charge in [0.2, 0.25) is 0 Å². The van der Waals surface area contributed by atoms with Crippen LogP contribution in [0.25, 0.3) is 0 Å². The van der Waals surface area contributed by atoms with Gasteiger partial charge >= 0.3 is 5.97 Å². The SMILES string of the molecule is Nc1ccc(C(=O)N2CCN(CC(=O)O)CC2)cc1. The Kier molecular flexibility index (Phi) is 4.01. The normalized spacial score (nSPS) is 16.3. The van der Waals surface area contributed by atoms with Crippen molar-refractivity contribution in [1.29, 1.82) is 0 Å². The van der Waals surface area contributed by atoms with E-state index in [0.29, 0.717) is 37.4 Å². The summed E-state index contributed by atoms with van der Waals surface area (Å²) in [5.41, 5.74) is 6.82. The summed E-state index contributed by atoms with van der Waals surface area (Å²) in [7, 11) is 0. The van der Waals surface area contributed by atoms with Crippen molar-refractivity contribution >= 4 is 17.6 Å². The van der Waals surface area contributed by atoms with Crippen LogP contribution in [0.1, 0.15) is 10.4 Å². The number of amides is 1. The number of anilines is 1. The van der Waals surface area contributed by atoms with Crippen LogP contribution in [0.15, 0.2) is 24.3 Å². The molecule has 1 aromatic carbocycles. The Balaban J connectivity index is 1.92. The number of carboxylic acid groups (broad SMARTS) is 1. The highest BCUT2D eigenvalue weighted by Crippen LogP contribution is 2.11. The highest BCUT2D eigenvalue weighted by Gasteiger charge is 2.22. The summed E-state index contributed by atoms with van der Waals surface area (Å²) in [5, 5.41) is 8.71. The fraction of sp³-hybridized carbons (Fsp3) is 0.385. The monoisotopic (exact) mass is 263 g/mol. The van der Waals surface area contributed by atoms with Crippen molar-refractivity contribution in [1.82, 2.24) is 9.80 Å². The zero-order valence-corrected chi connectivity index (χ0v) is 10.6. The first-order chi connectivity index (χ1) is 9.06. The molecule has 1 aliphatic rings. The van der Waals surface area contributed by atoms with Crippen LogP contribution < -0.4 is 5.73 Å². The molecule has 1 heterocycles. The molecule has 1 aliphatic heterocycles. The van der Waals surface area contributed by atoms with Crippen LogP contribution in [-0.2, 0) is 4.79 Å². The maximum atomic E-state index is 12.2. The fourth-order valence-electron chi connectivity index (χ4n) is 2.11. The molecule has 0 radical (unpaired) electrons. The van der Waals surface area contributed by atoms with Crippen LogP contribution in [-0.4, -0.2) is 59.5 Å². The van der Waals surface area contributed by atoms with Gasteiger partial charge in [0.1, 0.15) is 0 Å². The van der Waals surface area contributed by atoms with E-state index in [1.807, 2.05) is 4.90 Å². The number of hydrogen-bond acceptors (Lipinski definition) is 4. The largest absolute Gasteiger partial charge is 0.480 e. The summed E-state index contributed by atoms with van der Waals surface area (Å²) < 4.78 is 0. The summed E-state index contributed by atoms with van der Waals surface area (Å²) in [6.45, 7) is 2.32. The molecule has 0 saturated carbocycles. The molecule has 0 unspecified atom stereocenters. The molecule has 1 fully saturated rings. The lowest BCUT2D eigenvalue weighted by molar-refractivity contribution is -0.138. The van der Waals surface area contributed by atoms with Gasteiger partial charge < -0.3 is 15.7 Å². The van der Waals surface area contributed by atoms with Crippen molar-refractivity contribution in [3.8, 4) is 0 Å². The quantitative estimate of drug-likeness (QED) is 0.756. The zero-order valence-electron chi connectivity index (χ0n) is 10.6. The third-order valence-corrected chi connectivity index (χ3v) is 3.18. The van der Waals surface area contributed by atoms with Crippen LogP contribution in [0.3, 0.4) is 0 Å². The molecular formula is C13H17N3O3. The number of nitrogens with two attached hydrogens (primary N) is 1. The number of nitrogen functional groups attached to an aromatic ring is 1. The van der Waals surface area contributed by atoms with Crippen LogP contribution in [0.2, 0.25) is 0 Å². The van der Waals surface area contributed by atoms with Gasteiger partial charge in [0, 0.05) is 37.4 Å². The smallest absolute Gasteiger partial charge is 0.317 e. The van der Waals surface area contributed by atoms with Crippen molar-refractivity contribution in [3.05, 3.63) is 29.8 Å². The van der Waals surface area contributed by atoms with Gasteiger partial charge in [-0.2, -0.15) is 0 Å². The maximum Gasteiger partial charge on any atom is 0.317 e. The van der Waals surface area contributed by atoms with Crippen molar-refractivity contribution < 1.29 is 14.7 Å². The van der Waals surface area contributed by atoms with E-state index in [4.69, 9.17) is 10.8 Å². The van der Waals surface area contributed by atoms with E-state index in [2.05, 4.69) is 0 Å². The minimum atomic E-state index is -0.835. The highest BCUT2D eigenvalue weighted by atomic mass is 16.4. The zero-order chi connectivity index (χ0) is 13.8. The summed E-state index contributed by atoms with van der Waals surface area (Å²) in [6, 6.07) is 6.82. The number of nitrogens with zero attached hydrogens (tertiary/aromatic N) is 2. The Morgan fingerprint density at radius 3 is 2.21 bits per heavy atom. The first-order valence-corrected chi connectivity index (χ1v) is 6.15. The Morgan fingerprint density at radius 1 is 1.11 bits per heavy atom. The summed E-state index contributed by atoms with van der Waals surface area (Å²) in [6.07, 6.45) is 0. The van der Waals surface area contributed by atoms with E-state index in [1.54, 1.807) is 29.2 Å². The second-order valence-corrected chi connectivity index (χ2v) is 4.58. The minimum absolute atomic E-state index is 0.0316. The Hall–Kier alpha value is -2.08. The number of benzene rings is 1. The molecule has 19 heavy (non-hydrogen) atoms. The molecular weight excluding hydrogens is 246 g/mol. The predicted molar refractivity (Wildman–Crippen MR) is 70.8 cm³/mol. The summed E-state index contributed by atoms with van der Waals surface area (Å²) in [5.74, 6) is -0.867. The Labute approximate surface area is 111 Å². The maximum absolute atomic E-state index is 12.2. The van der Waals surface area contributed by atoms with Crippen LogP contribution in [0, 0.1) is 0 Å². The Bertz CT molecular complexity index is 465. The second kappa shape index (κ2) is 5.71. The third-order valence-electron chi connectivity index (χ3n) is 3.18. The van der Waals surface area contributed by atoms with Gasteiger partial charge in [-0.15, -0.1) is 0 Å². The third kappa shape index (κ3) is 3.45. The van der Waals surface area contributed by atoms with E-state index < -0.39 is 5.97 Å². The summed E-state index contributed by atoms with van der Waals surface area (Å²) >= 11 is 0. The van der Waals surface area contributed by atoms with Gasteiger partial charge in [0.25, 0.3) is 5.91 Å². The van der Waals surface area contributed by atoms with E-state index in [9.17, 15) is 9.59 Å². The Morgan fingerprint density at radius 2 is 1.68 bits per heavy atom. The average molecular weight is 263 g/mol.